The SMILES string of the molecule is O=S(=O)(F)CC1CC2(CC2)CO1. The first kappa shape index (κ1) is 8.44. The van der Waals surface area contributed by atoms with Gasteiger partial charge in [-0.05, 0) is 24.7 Å². The van der Waals surface area contributed by atoms with Crippen molar-refractivity contribution in [3.63, 3.8) is 0 Å². The van der Waals surface area contributed by atoms with E-state index in [0.29, 0.717) is 6.61 Å². The van der Waals surface area contributed by atoms with E-state index in [0.717, 1.165) is 19.3 Å². The highest BCUT2D eigenvalue weighted by atomic mass is 32.3. The smallest absolute Gasteiger partial charge is 0.304 e. The molecule has 2 fully saturated rings. The third kappa shape index (κ3) is 1.77. The number of ether oxygens (including phenoxy) is 1. The van der Waals surface area contributed by atoms with Crippen molar-refractivity contribution in [2.24, 2.45) is 5.41 Å². The maximum atomic E-state index is 12.2. The number of hydrogen-bond acceptors (Lipinski definition) is 3. The molecule has 1 saturated heterocycles. The topological polar surface area (TPSA) is 43.4 Å². The summed E-state index contributed by atoms with van der Waals surface area (Å²) in [6.45, 7) is 0.618. The van der Waals surface area contributed by atoms with Crippen LogP contribution in [-0.4, -0.2) is 26.9 Å². The maximum Gasteiger partial charge on any atom is 0.304 e. The lowest BCUT2D eigenvalue weighted by molar-refractivity contribution is 0.119. The largest absolute Gasteiger partial charge is 0.376 e. The molecule has 2 rings (SSSR count). The van der Waals surface area contributed by atoms with Crippen LogP contribution in [0.5, 0.6) is 0 Å². The zero-order chi connectivity index (χ0) is 8.82. The molecule has 2 aliphatic rings. The summed E-state index contributed by atoms with van der Waals surface area (Å²) < 4.78 is 37.9. The van der Waals surface area contributed by atoms with E-state index in [1.54, 1.807) is 0 Å². The van der Waals surface area contributed by atoms with Gasteiger partial charge in [0.25, 0.3) is 0 Å². The Morgan fingerprint density at radius 2 is 2.17 bits per heavy atom. The van der Waals surface area contributed by atoms with Gasteiger partial charge in [0, 0.05) is 0 Å². The molecule has 3 nitrogen and oxygen atoms in total. The molecule has 1 unspecified atom stereocenters. The summed E-state index contributed by atoms with van der Waals surface area (Å²) in [6, 6.07) is 0. The molecule has 1 atom stereocenters. The lowest BCUT2D eigenvalue weighted by Crippen LogP contribution is -2.16. The lowest BCUT2D eigenvalue weighted by Gasteiger charge is -2.04. The molecule has 0 bridgehead atoms. The third-order valence-corrected chi connectivity index (χ3v) is 3.40. The van der Waals surface area contributed by atoms with E-state index >= 15 is 0 Å². The highest BCUT2D eigenvalue weighted by molar-refractivity contribution is 7.86. The predicted molar refractivity (Wildman–Crippen MR) is 40.9 cm³/mol. The van der Waals surface area contributed by atoms with Gasteiger partial charge in [0.05, 0.1) is 12.7 Å². The van der Waals surface area contributed by atoms with Crippen molar-refractivity contribution in [3.8, 4) is 0 Å². The van der Waals surface area contributed by atoms with Crippen molar-refractivity contribution in [2.75, 3.05) is 12.4 Å². The van der Waals surface area contributed by atoms with Crippen LogP contribution in [0.1, 0.15) is 19.3 Å². The Morgan fingerprint density at radius 1 is 1.50 bits per heavy atom. The highest BCUT2D eigenvalue weighted by Crippen LogP contribution is 2.53. The lowest BCUT2D eigenvalue weighted by atomic mass is 10.0. The summed E-state index contributed by atoms with van der Waals surface area (Å²) in [5.74, 6) is -0.464. The zero-order valence-electron chi connectivity index (χ0n) is 6.62. The molecule has 1 heterocycles. The van der Waals surface area contributed by atoms with E-state index in [1.165, 1.54) is 0 Å². The molecule has 70 valence electrons. The number of rotatable bonds is 2. The summed E-state index contributed by atoms with van der Waals surface area (Å²) in [6.07, 6.45) is 2.53. The third-order valence-electron chi connectivity index (χ3n) is 2.63. The van der Waals surface area contributed by atoms with Gasteiger partial charge in [-0.25, -0.2) is 0 Å². The molecular weight excluding hydrogens is 183 g/mol. The van der Waals surface area contributed by atoms with E-state index in [4.69, 9.17) is 4.74 Å². The first-order chi connectivity index (χ1) is 5.49. The molecule has 5 heteroatoms. The Hall–Kier alpha value is -0.160. The van der Waals surface area contributed by atoms with E-state index < -0.39 is 22.1 Å². The fourth-order valence-corrected chi connectivity index (χ4v) is 2.41. The Kier molecular flexibility index (Phi) is 1.70. The standard InChI is InChI=1S/C7H11FO3S/c8-12(9,10)4-6-3-7(1-2-7)5-11-6/h6H,1-5H2. The molecule has 0 aromatic heterocycles. The van der Waals surface area contributed by atoms with Gasteiger partial charge in [-0.15, -0.1) is 3.89 Å². The summed E-state index contributed by atoms with van der Waals surface area (Å²) in [5.41, 5.74) is 0.232. The normalized spacial score (nSPS) is 32.6. The van der Waals surface area contributed by atoms with Gasteiger partial charge in [-0.2, -0.15) is 8.42 Å². The number of hydrogen-bond donors (Lipinski definition) is 0. The van der Waals surface area contributed by atoms with Gasteiger partial charge in [0.15, 0.2) is 0 Å². The molecule has 1 aliphatic carbocycles. The predicted octanol–water partition coefficient (Wildman–Crippen LogP) is 0.855. The molecule has 1 saturated carbocycles. The summed E-state index contributed by atoms with van der Waals surface area (Å²) in [4.78, 5) is 0. The minimum atomic E-state index is -4.35. The second-order valence-electron chi connectivity index (χ2n) is 3.84. The first-order valence-electron chi connectivity index (χ1n) is 4.03. The first-order valence-corrected chi connectivity index (χ1v) is 5.58. The summed E-state index contributed by atoms with van der Waals surface area (Å²) in [5, 5.41) is 0. The van der Waals surface area contributed by atoms with Crippen LogP contribution in [0.15, 0.2) is 0 Å². The molecule has 0 N–H and O–H groups in total. The molecule has 1 spiro atoms. The Bertz CT molecular complexity index is 281. The van der Waals surface area contributed by atoms with E-state index in [-0.39, 0.29) is 5.41 Å². The Labute approximate surface area is 71.1 Å². The quantitative estimate of drug-likeness (QED) is 0.612. The fraction of sp³-hybridized carbons (Fsp3) is 1.00. The second-order valence-corrected chi connectivity index (χ2v) is 5.25. The van der Waals surface area contributed by atoms with Crippen molar-refractivity contribution in [3.05, 3.63) is 0 Å². The number of halogens is 1. The van der Waals surface area contributed by atoms with E-state index in [2.05, 4.69) is 0 Å². The van der Waals surface area contributed by atoms with Crippen LogP contribution in [0.4, 0.5) is 3.89 Å². The van der Waals surface area contributed by atoms with Crippen molar-refractivity contribution >= 4 is 10.2 Å². The zero-order valence-corrected chi connectivity index (χ0v) is 7.44. The second kappa shape index (κ2) is 2.42. The van der Waals surface area contributed by atoms with E-state index in [9.17, 15) is 12.3 Å². The van der Waals surface area contributed by atoms with Crippen molar-refractivity contribution in [1.82, 2.24) is 0 Å². The fourth-order valence-electron chi connectivity index (χ4n) is 1.75. The van der Waals surface area contributed by atoms with E-state index in [1.807, 2.05) is 0 Å². The van der Waals surface area contributed by atoms with Crippen molar-refractivity contribution < 1.29 is 17.0 Å². The van der Waals surface area contributed by atoms with Gasteiger partial charge in [0.1, 0.15) is 5.75 Å². The summed E-state index contributed by atoms with van der Waals surface area (Å²) in [7, 11) is -4.35. The van der Waals surface area contributed by atoms with Crippen LogP contribution in [0.2, 0.25) is 0 Å². The van der Waals surface area contributed by atoms with Crippen LogP contribution in [0.25, 0.3) is 0 Å². The van der Waals surface area contributed by atoms with Crippen molar-refractivity contribution in [2.45, 2.75) is 25.4 Å². The average Bonchev–Trinajstić information content (AvgIpc) is 2.49. The van der Waals surface area contributed by atoms with Gasteiger partial charge in [-0.1, -0.05) is 0 Å². The molecule has 12 heavy (non-hydrogen) atoms. The van der Waals surface area contributed by atoms with Crippen molar-refractivity contribution in [1.29, 1.82) is 0 Å². The molecular formula is C7H11FO3S. The van der Waals surface area contributed by atoms with Crippen LogP contribution in [-0.2, 0) is 15.0 Å². The van der Waals surface area contributed by atoms with Crippen LogP contribution in [0, 0.1) is 5.41 Å². The molecule has 0 amide bonds. The van der Waals surface area contributed by atoms with Gasteiger partial charge >= 0.3 is 10.2 Å². The molecule has 1 aliphatic heterocycles. The highest BCUT2D eigenvalue weighted by Gasteiger charge is 2.50. The minimum Gasteiger partial charge on any atom is -0.376 e. The minimum absolute atomic E-state index is 0.232. The van der Waals surface area contributed by atoms with Gasteiger partial charge in [-0.3, -0.25) is 0 Å². The monoisotopic (exact) mass is 194 g/mol. The van der Waals surface area contributed by atoms with Gasteiger partial charge < -0.3 is 4.74 Å². The molecule has 0 aromatic carbocycles. The van der Waals surface area contributed by atoms with Crippen LogP contribution >= 0.6 is 0 Å². The average molecular weight is 194 g/mol. The summed E-state index contributed by atoms with van der Waals surface area (Å²) >= 11 is 0. The molecule has 0 aromatic rings. The Balaban J connectivity index is 1.92. The van der Waals surface area contributed by atoms with Crippen LogP contribution in [0.3, 0.4) is 0 Å². The van der Waals surface area contributed by atoms with Crippen LogP contribution < -0.4 is 0 Å². The van der Waals surface area contributed by atoms with Gasteiger partial charge in [0.2, 0.25) is 0 Å². The molecule has 0 radical (unpaired) electrons. The maximum absolute atomic E-state index is 12.2. The Morgan fingerprint density at radius 3 is 2.58 bits per heavy atom.